The number of amides is 2. The van der Waals surface area contributed by atoms with Crippen LogP contribution >= 0.6 is 0 Å². The summed E-state index contributed by atoms with van der Waals surface area (Å²) < 4.78 is 0. The van der Waals surface area contributed by atoms with Crippen molar-refractivity contribution in [1.82, 2.24) is 4.90 Å². The molecule has 2 amide bonds. The van der Waals surface area contributed by atoms with Crippen molar-refractivity contribution < 1.29 is 4.79 Å². The van der Waals surface area contributed by atoms with E-state index in [0.29, 0.717) is 11.3 Å². The number of benzene rings is 1. The van der Waals surface area contributed by atoms with Gasteiger partial charge in [-0.3, -0.25) is 5.41 Å². The van der Waals surface area contributed by atoms with Crippen molar-refractivity contribution in [2.45, 2.75) is 32.6 Å². The Bertz CT molecular complexity index is 505. The van der Waals surface area contributed by atoms with E-state index in [2.05, 4.69) is 5.32 Å². The topological polar surface area (TPSA) is 82.2 Å². The molecule has 1 aliphatic heterocycles. The van der Waals surface area contributed by atoms with Crippen LogP contribution in [-0.2, 0) is 0 Å². The molecule has 0 aliphatic carbocycles. The number of aryl methyl sites for hydroxylation is 1. The Morgan fingerprint density at radius 1 is 1.25 bits per heavy atom. The minimum absolute atomic E-state index is 0.0192. The first-order chi connectivity index (χ1) is 9.59. The highest BCUT2D eigenvalue weighted by Crippen LogP contribution is 2.20. The number of rotatable bonds is 2. The normalized spacial score (nSPS) is 15.6. The van der Waals surface area contributed by atoms with Crippen molar-refractivity contribution in [3.63, 3.8) is 0 Å². The third-order valence-corrected chi connectivity index (χ3v) is 3.68. The first-order valence-corrected chi connectivity index (χ1v) is 7.09. The Morgan fingerprint density at radius 3 is 2.50 bits per heavy atom. The summed E-state index contributed by atoms with van der Waals surface area (Å²) in [5.41, 5.74) is 7.73. The van der Waals surface area contributed by atoms with Gasteiger partial charge in [0.2, 0.25) is 0 Å². The van der Waals surface area contributed by atoms with Crippen LogP contribution < -0.4 is 11.1 Å². The van der Waals surface area contributed by atoms with Crippen molar-refractivity contribution in [3.8, 4) is 0 Å². The highest BCUT2D eigenvalue weighted by molar-refractivity contribution is 6.05. The fraction of sp³-hybridized carbons (Fsp3) is 0.467. The van der Waals surface area contributed by atoms with E-state index in [1.54, 1.807) is 6.07 Å². The molecule has 0 aromatic heterocycles. The van der Waals surface area contributed by atoms with Gasteiger partial charge in [-0.25, -0.2) is 4.79 Å². The predicted molar refractivity (Wildman–Crippen MR) is 81.3 cm³/mol. The molecule has 5 heteroatoms. The number of amidine groups is 1. The Kier molecular flexibility index (Phi) is 4.61. The number of hydrogen-bond donors (Lipinski definition) is 3. The zero-order valence-electron chi connectivity index (χ0n) is 11.9. The number of nitrogens with one attached hydrogen (secondary N) is 2. The van der Waals surface area contributed by atoms with Gasteiger partial charge in [0.25, 0.3) is 0 Å². The molecular weight excluding hydrogens is 252 g/mol. The first kappa shape index (κ1) is 14.4. The predicted octanol–water partition coefficient (Wildman–Crippen LogP) is 2.69. The summed E-state index contributed by atoms with van der Waals surface area (Å²) in [6, 6.07) is 5.44. The Hall–Kier alpha value is -2.04. The molecule has 1 aliphatic rings. The van der Waals surface area contributed by atoms with Gasteiger partial charge >= 0.3 is 6.03 Å². The number of nitrogens with two attached hydrogens (primary N) is 1. The van der Waals surface area contributed by atoms with Crippen molar-refractivity contribution in [2.75, 3.05) is 18.4 Å². The van der Waals surface area contributed by atoms with Crippen LogP contribution in [0.1, 0.15) is 36.8 Å². The maximum Gasteiger partial charge on any atom is 0.321 e. The van der Waals surface area contributed by atoms with Crippen LogP contribution in [0.2, 0.25) is 0 Å². The van der Waals surface area contributed by atoms with Crippen LogP contribution in [0.25, 0.3) is 0 Å². The zero-order valence-corrected chi connectivity index (χ0v) is 11.9. The molecular formula is C15H22N4O. The van der Waals surface area contributed by atoms with E-state index in [9.17, 15) is 4.79 Å². The highest BCUT2D eigenvalue weighted by atomic mass is 16.2. The van der Waals surface area contributed by atoms with Gasteiger partial charge in [-0.05, 0) is 31.4 Å². The average Bonchev–Trinajstić information content (AvgIpc) is 2.67. The number of carbonyl (C=O) groups is 1. The van der Waals surface area contributed by atoms with Crippen molar-refractivity contribution in [1.29, 1.82) is 5.41 Å². The third kappa shape index (κ3) is 3.29. The van der Waals surface area contributed by atoms with Crippen LogP contribution in [0.3, 0.4) is 0 Å². The number of likely N-dealkylation sites (tertiary alicyclic amines) is 1. The van der Waals surface area contributed by atoms with E-state index in [0.717, 1.165) is 31.5 Å². The fourth-order valence-corrected chi connectivity index (χ4v) is 2.60. The van der Waals surface area contributed by atoms with Gasteiger partial charge in [0.15, 0.2) is 0 Å². The number of urea groups is 1. The summed E-state index contributed by atoms with van der Waals surface area (Å²) in [5, 5.41) is 10.5. The summed E-state index contributed by atoms with van der Waals surface area (Å²) in [6.45, 7) is 3.48. The second-order valence-corrected chi connectivity index (χ2v) is 5.24. The van der Waals surface area contributed by atoms with Crippen molar-refractivity contribution in [2.24, 2.45) is 5.73 Å². The van der Waals surface area contributed by atoms with Gasteiger partial charge < -0.3 is 16.0 Å². The monoisotopic (exact) mass is 274 g/mol. The van der Waals surface area contributed by atoms with Gasteiger partial charge in [0, 0.05) is 18.7 Å². The van der Waals surface area contributed by atoms with E-state index in [4.69, 9.17) is 11.1 Å². The van der Waals surface area contributed by atoms with Crippen LogP contribution in [0, 0.1) is 12.3 Å². The molecule has 1 fully saturated rings. The maximum atomic E-state index is 12.3. The van der Waals surface area contributed by atoms with Crippen molar-refractivity contribution >= 4 is 17.6 Å². The maximum absolute atomic E-state index is 12.3. The standard InChI is InChI=1S/C15H22N4O/c1-11-7-6-8-12(13(11)14(16)17)18-15(20)19-9-4-2-3-5-10-19/h6-8H,2-5,9-10H2,1H3,(H3,16,17)(H,18,20). The van der Waals surface area contributed by atoms with Crippen LogP contribution in [0.5, 0.6) is 0 Å². The second-order valence-electron chi connectivity index (χ2n) is 5.24. The molecule has 2 rings (SSSR count). The Balaban J connectivity index is 2.15. The quantitative estimate of drug-likeness (QED) is 0.572. The molecule has 1 aromatic carbocycles. The van der Waals surface area contributed by atoms with E-state index < -0.39 is 0 Å². The summed E-state index contributed by atoms with van der Waals surface area (Å²) in [6.07, 6.45) is 4.49. The molecule has 0 unspecified atom stereocenters. The van der Waals surface area contributed by atoms with E-state index in [1.807, 2.05) is 24.0 Å². The zero-order chi connectivity index (χ0) is 14.5. The Labute approximate surface area is 119 Å². The molecule has 0 spiro atoms. The smallest absolute Gasteiger partial charge is 0.321 e. The van der Waals surface area contributed by atoms with Crippen LogP contribution in [0.4, 0.5) is 10.5 Å². The number of nitrogens with zero attached hydrogens (tertiary/aromatic N) is 1. The van der Waals surface area contributed by atoms with E-state index >= 15 is 0 Å². The molecule has 1 heterocycles. The molecule has 5 nitrogen and oxygen atoms in total. The molecule has 0 atom stereocenters. The number of carbonyl (C=O) groups excluding carboxylic acids is 1. The summed E-state index contributed by atoms with van der Waals surface area (Å²) in [4.78, 5) is 14.2. The Morgan fingerprint density at radius 2 is 1.90 bits per heavy atom. The summed E-state index contributed by atoms with van der Waals surface area (Å²) in [5.74, 6) is -0.0192. The third-order valence-electron chi connectivity index (χ3n) is 3.68. The molecule has 0 radical (unpaired) electrons. The SMILES string of the molecule is Cc1cccc(NC(=O)N2CCCCCC2)c1C(=N)N. The van der Waals surface area contributed by atoms with E-state index in [-0.39, 0.29) is 11.9 Å². The lowest BCUT2D eigenvalue weighted by Gasteiger charge is -2.22. The molecule has 20 heavy (non-hydrogen) atoms. The molecule has 4 N–H and O–H groups in total. The first-order valence-electron chi connectivity index (χ1n) is 7.09. The van der Waals surface area contributed by atoms with Gasteiger partial charge in [-0.15, -0.1) is 0 Å². The van der Waals surface area contributed by atoms with Gasteiger partial charge in [-0.2, -0.15) is 0 Å². The lowest BCUT2D eigenvalue weighted by atomic mass is 10.1. The molecule has 1 saturated heterocycles. The largest absolute Gasteiger partial charge is 0.384 e. The fourth-order valence-electron chi connectivity index (χ4n) is 2.60. The minimum Gasteiger partial charge on any atom is -0.384 e. The highest BCUT2D eigenvalue weighted by Gasteiger charge is 2.17. The van der Waals surface area contributed by atoms with Crippen LogP contribution in [-0.4, -0.2) is 29.9 Å². The lowest BCUT2D eigenvalue weighted by molar-refractivity contribution is 0.214. The molecule has 0 saturated carbocycles. The van der Waals surface area contributed by atoms with Crippen LogP contribution in [0.15, 0.2) is 18.2 Å². The van der Waals surface area contributed by atoms with Crippen molar-refractivity contribution in [3.05, 3.63) is 29.3 Å². The molecule has 108 valence electrons. The minimum atomic E-state index is -0.0972. The van der Waals surface area contributed by atoms with E-state index in [1.165, 1.54) is 12.8 Å². The second kappa shape index (κ2) is 6.41. The summed E-state index contributed by atoms with van der Waals surface area (Å²) >= 11 is 0. The van der Waals surface area contributed by atoms with Gasteiger partial charge in [-0.1, -0.05) is 25.0 Å². The molecule has 0 bridgehead atoms. The number of anilines is 1. The molecule has 1 aromatic rings. The average molecular weight is 274 g/mol. The lowest BCUT2D eigenvalue weighted by Crippen LogP contribution is -2.36. The summed E-state index contributed by atoms with van der Waals surface area (Å²) in [7, 11) is 0. The number of nitrogen functional groups attached to an aromatic ring is 1. The number of hydrogen-bond acceptors (Lipinski definition) is 2. The van der Waals surface area contributed by atoms with Gasteiger partial charge in [0.1, 0.15) is 5.84 Å². The van der Waals surface area contributed by atoms with Gasteiger partial charge in [0.05, 0.1) is 5.69 Å².